The maximum absolute atomic E-state index is 12.2. The van der Waals surface area contributed by atoms with Gasteiger partial charge in [-0.15, -0.1) is 0 Å². The fourth-order valence-corrected chi connectivity index (χ4v) is 3.10. The number of nitrogens with one attached hydrogen (secondary N) is 1. The third-order valence-corrected chi connectivity index (χ3v) is 4.67. The molecule has 6 heteroatoms. The Morgan fingerprint density at radius 1 is 1.15 bits per heavy atom. The molecule has 1 atom stereocenters. The van der Waals surface area contributed by atoms with Crippen LogP contribution in [-0.4, -0.2) is 62.1 Å². The smallest absolute Gasteiger partial charge is 0.258 e. The van der Waals surface area contributed by atoms with E-state index in [0.29, 0.717) is 12.3 Å². The normalized spacial score (nSPS) is 17.0. The van der Waals surface area contributed by atoms with Gasteiger partial charge < -0.3 is 19.4 Å². The van der Waals surface area contributed by atoms with Gasteiger partial charge in [-0.3, -0.25) is 9.69 Å². The standard InChI is InChI=1S/C20H27N3O3/c1-16-8-9-19(26-16)18(23-12-10-22(2)11-13-23)14-21-20(24)15-25-17-6-4-3-5-7-17/h3-9,18H,10-15H2,1-2H3,(H,21,24)/t18-/m0/s1. The van der Waals surface area contributed by atoms with Crippen molar-refractivity contribution in [2.75, 3.05) is 46.4 Å². The molecule has 0 bridgehead atoms. The Hall–Kier alpha value is -2.31. The molecule has 0 saturated carbocycles. The van der Waals surface area contributed by atoms with Crippen molar-refractivity contribution in [3.05, 3.63) is 54.0 Å². The lowest BCUT2D eigenvalue weighted by Crippen LogP contribution is -2.48. The molecule has 140 valence electrons. The number of likely N-dealkylation sites (N-methyl/N-ethyl adjacent to an activating group) is 1. The summed E-state index contributed by atoms with van der Waals surface area (Å²) >= 11 is 0. The van der Waals surface area contributed by atoms with E-state index in [9.17, 15) is 4.79 Å². The monoisotopic (exact) mass is 357 g/mol. The lowest BCUT2D eigenvalue weighted by atomic mass is 10.1. The fraction of sp³-hybridized carbons (Fsp3) is 0.450. The van der Waals surface area contributed by atoms with E-state index >= 15 is 0 Å². The Labute approximate surface area is 154 Å². The molecule has 26 heavy (non-hydrogen) atoms. The molecular weight excluding hydrogens is 330 g/mol. The van der Waals surface area contributed by atoms with Gasteiger partial charge in [-0.2, -0.15) is 0 Å². The third kappa shape index (κ3) is 5.09. The van der Waals surface area contributed by atoms with E-state index in [1.54, 1.807) is 0 Å². The van der Waals surface area contributed by atoms with Crippen LogP contribution in [0.5, 0.6) is 5.75 Å². The summed E-state index contributed by atoms with van der Waals surface area (Å²) in [7, 11) is 2.13. The lowest BCUT2D eigenvalue weighted by molar-refractivity contribution is -0.123. The number of amides is 1. The minimum Gasteiger partial charge on any atom is -0.484 e. The number of piperazine rings is 1. The molecule has 0 radical (unpaired) electrons. The Kier molecular flexibility index (Phi) is 6.30. The number of rotatable bonds is 7. The number of hydrogen-bond donors (Lipinski definition) is 1. The van der Waals surface area contributed by atoms with E-state index < -0.39 is 0 Å². The van der Waals surface area contributed by atoms with Crippen molar-refractivity contribution in [1.29, 1.82) is 0 Å². The summed E-state index contributed by atoms with van der Waals surface area (Å²) < 4.78 is 11.4. The maximum Gasteiger partial charge on any atom is 0.258 e. The predicted octanol–water partition coefficient (Wildman–Crippen LogP) is 2.07. The Morgan fingerprint density at radius 3 is 2.54 bits per heavy atom. The second-order valence-corrected chi connectivity index (χ2v) is 6.71. The van der Waals surface area contributed by atoms with E-state index in [1.807, 2.05) is 49.4 Å². The molecule has 1 fully saturated rings. The first-order valence-corrected chi connectivity index (χ1v) is 9.05. The second kappa shape index (κ2) is 8.87. The molecule has 2 heterocycles. The molecule has 1 aromatic heterocycles. The molecule has 0 aliphatic carbocycles. The third-order valence-electron chi connectivity index (χ3n) is 4.67. The first-order valence-electron chi connectivity index (χ1n) is 9.05. The minimum atomic E-state index is -0.128. The van der Waals surface area contributed by atoms with Gasteiger partial charge in [0, 0.05) is 32.7 Å². The van der Waals surface area contributed by atoms with Crippen LogP contribution in [0.3, 0.4) is 0 Å². The number of aryl methyl sites for hydroxylation is 1. The number of hydrogen-bond acceptors (Lipinski definition) is 5. The Morgan fingerprint density at radius 2 is 1.88 bits per heavy atom. The van der Waals surface area contributed by atoms with Gasteiger partial charge in [-0.05, 0) is 38.2 Å². The summed E-state index contributed by atoms with van der Waals surface area (Å²) in [5, 5.41) is 2.99. The number of ether oxygens (including phenoxy) is 1. The van der Waals surface area contributed by atoms with Crippen molar-refractivity contribution >= 4 is 5.91 Å². The van der Waals surface area contributed by atoms with Gasteiger partial charge in [0.25, 0.3) is 5.91 Å². The molecule has 6 nitrogen and oxygen atoms in total. The highest BCUT2D eigenvalue weighted by Gasteiger charge is 2.26. The number of nitrogens with zero attached hydrogens (tertiary/aromatic N) is 2. The molecule has 1 aliphatic rings. The van der Waals surface area contributed by atoms with Crippen LogP contribution in [-0.2, 0) is 4.79 Å². The Bertz CT molecular complexity index is 693. The summed E-state index contributed by atoms with van der Waals surface area (Å²) in [6.07, 6.45) is 0. The van der Waals surface area contributed by atoms with E-state index in [4.69, 9.17) is 9.15 Å². The number of para-hydroxylation sites is 1. The largest absolute Gasteiger partial charge is 0.484 e. The van der Waals surface area contributed by atoms with Crippen LogP contribution in [0.25, 0.3) is 0 Å². The Balaban J connectivity index is 1.56. The molecule has 0 spiro atoms. The summed E-state index contributed by atoms with van der Waals surface area (Å²) in [5.41, 5.74) is 0. The summed E-state index contributed by atoms with van der Waals surface area (Å²) in [6, 6.07) is 13.4. The molecule has 1 aliphatic heterocycles. The van der Waals surface area contributed by atoms with E-state index in [2.05, 4.69) is 22.2 Å². The quantitative estimate of drug-likeness (QED) is 0.822. The predicted molar refractivity (Wildman–Crippen MR) is 100 cm³/mol. The van der Waals surface area contributed by atoms with Crippen LogP contribution in [0.15, 0.2) is 46.9 Å². The average Bonchev–Trinajstić information content (AvgIpc) is 3.08. The van der Waals surface area contributed by atoms with Crippen LogP contribution in [0, 0.1) is 6.92 Å². The topological polar surface area (TPSA) is 58.0 Å². The van der Waals surface area contributed by atoms with E-state index in [-0.39, 0.29) is 18.6 Å². The van der Waals surface area contributed by atoms with Gasteiger partial charge in [-0.1, -0.05) is 18.2 Å². The molecule has 1 amide bonds. The number of furan rings is 1. The van der Waals surface area contributed by atoms with Crippen LogP contribution in [0.1, 0.15) is 17.6 Å². The van der Waals surface area contributed by atoms with Gasteiger partial charge >= 0.3 is 0 Å². The zero-order chi connectivity index (χ0) is 18.4. The number of carbonyl (C=O) groups is 1. The van der Waals surface area contributed by atoms with E-state index in [0.717, 1.165) is 37.7 Å². The number of benzene rings is 1. The van der Waals surface area contributed by atoms with Crippen LogP contribution >= 0.6 is 0 Å². The number of carbonyl (C=O) groups excluding carboxylic acids is 1. The second-order valence-electron chi connectivity index (χ2n) is 6.71. The first-order chi connectivity index (χ1) is 12.6. The zero-order valence-electron chi connectivity index (χ0n) is 15.5. The fourth-order valence-electron chi connectivity index (χ4n) is 3.10. The molecule has 1 saturated heterocycles. The maximum atomic E-state index is 12.2. The lowest BCUT2D eigenvalue weighted by Gasteiger charge is -2.37. The molecule has 2 aromatic rings. The van der Waals surface area contributed by atoms with Crippen molar-refractivity contribution in [3.63, 3.8) is 0 Å². The van der Waals surface area contributed by atoms with Gasteiger partial charge in [0.15, 0.2) is 6.61 Å². The SMILES string of the molecule is Cc1ccc([C@H](CNC(=O)COc2ccccc2)N2CCN(C)CC2)o1. The van der Waals surface area contributed by atoms with Crippen molar-refractivity contribution in [2.24, 2.45) is 0 Å². The first kappa shape index (κ1) is 18.5. The van der Waals surface area contributed by atoms with E-state index in [1.165, 1.54) is 0 Å². The van der Waals surface area contributed by atoms with Crippen molar-refractivity contribution in [2.45, 2.75) is 13.0 Å². The van der Waals surface area contributed by atoms with Crippen LogP contribution in [0.4, 0.5) is 0 Å². The van der Waals surface area contributed by atoms with Gasteiger partial charge in [-0.25, -0.2) is 0 Å². The molecular formula is C20H27N3O3. The van der Waals surface area contributed by atoms with Gasteiger partial charge in [0.1, 0.15) is 17.3 Å². The van der Waals surface area contributed by atoms with Gasteiger partial charge in [0.05, 0.1) is 6.04 Å². The van der Waals surface area contributed by atoms with Gasteiger partial charge in [0.2, 0.25) is 0 Å². The zero-order valence-corrected chi connectivity index (χ0v) is 15.5. The summed E-state index contributed by atoms with van der Waals surface area (Å²) in [4.78, 5) is 16.9. The van der Waals surface area contributed by atoms with Crippen molar-refractivity contribution in [1.82, 2.24) is 15.1 Å². The highest BCUT2D eigenvalue weighted by Crippen LogP contribution is 2.23. The molecule has 3 rings (SSSR count). The average molecular weight is 357 g/mol. The highest BCUT2D eigenvalue weighted by atomic mass is 16.5. The van der Waals surface area contributed by atoms with Crippen LogP contribution in [0.2, 0.25) is 0 Å². The minimum absolute atomic E-state index is 0.0106. The molecule has 1 aromatic carbocycles. The van der Waals surface area contributed by atoms with Crippen LogP contribution < -0.4 is 10.1 Å². The van der Waals surface area contributed by atoms with Crippen molar-refractivity contribution in [3.8, 4) is 5.75 Å². The highest BCUT2D eigenvalue weighted by molar-refractivity contribution is 5.77. The summed E-state index contributed by atoms with van der Waals surface area (Å²) in [5.74, 6) is 2.35. The van der Waals surface area contributed by atoms with Crippen molar-refractivity contribution < 1.29 is 13.9 Å². The molecule has 1 N–H and O–H groups in total. The summed E-state index contributed by atoms with van der Waals surface area (Å²) in [6.45, 7) is 6.40. The molecule has 0 unspecified atom stereocenters.